The zero-order valence-corrected chi connectivity index (χ0v) is 16.5. The first-order valence-corrected chi connectivity index (χ1v) is 9.40. The molecule has 0 aliphatic carbocycles. The monoisotopic (exact) mass is 455 g/mol. The van der Waals surface area contributed by atoms with Gasteiger partial charge in [-0.25, -0.2) is 0 Å². The summed E-state index contributed by atoms with van der Waals surface area (Å²) in [6.07, 6.45) is 1.86. The molecule has 4 heteroatoms. The Kier molecular flexibility index (Phi) is 6.17. The van der Waals surface area contributed by atoms with Crippen LogP contribution >= 0.6 is 22.6 Å². The van der Waals surface area contributed by atoms with Crippen LogP contribution in [-0.2, 0) is 9.53 Å². The fraction of sp³-hybridized carbons (Fsp3) is 0.0909. The van der Waals surface area contributed by atoms with Gasteiger partial charge in [0.05, 0.1) is 12.1 Å². The van der Waals surface area contributed by atoms with Gasteiger partial charge in [0, 0.05) is 20.7 Å². The Morgan fingerprint density at radius 2 is 1.73 bits per heavy atom. The molecule has 0 spiro atoms. The lowest BCUT2D eigenvalue weighted by atomic mass is 9.96. The highest BCUT2D eigenvalue weighted by Gasteiger charge is 2.09. The lowest BCUT2D eigenvalue weighted by molar-refractivity contribution is -0.128. The standard InChI is InChI=1S/C19H12IN.C3H6O2/c20-15-11-14-7-4-10-21-19(14)18(12-15)17-9-3-6-13-5-1-2-8-16(13)17;1-2-5-3-4/h1-12H;3H,2H2,1H3. The number of fused-ring (bicyclic) bond motifs is 2. The van der Waals surface area contributed by atoms with Crippen LogP contribution < -0.4 is 0 Å². The molecule has 26 heavy (non-hydrogen) atoms. The van der Waals surface area contributed by atoms with Gasteiger partial charge in [0.1, 0.15) is 0 Å². The van der Waals surface area contributed by atoms with E-state index in [0.717, 1.165) is 5.52 Å². The highest BCUT2D eigenvalue weighted by Crippen LogP contribution is 2.34. The number of nitrogens with zero attached hydrogens (tertiary/aromatic N) is 1. The minimum atomic E-state index is 0.431. The van der Waals surface area contributed by atoms with E-state index in [-0.39, 0.29) is 0 Å². The Morgan fingerprint density at radius 1 is 0.962 bits per heavy atom. The predicted molar refractivity (Wildman–Crippen MR) is 115 cm³/mol. The summed E-state index contributed by atoms with van der Waals surface area (Å²) in [4.78, 5) is 13.8. The van der Waals surface area contributed by atoms with Crippen molar-refractivity contribution >= 4 is 50.7 Å². The summed E-state index contributed by atoms with van der Waals surface area (Å²) in [5.74, 6) is 0. The van der Waals surface area contributed by atoms with Gasteiger partial charge in [0.25, 0.3) is 6.47 Å². The first-order valence-electron chi connectivity index (χ1n) is 8.32. The molecule has 1 heterocycles. The van der Waals surface area contributed by atoms with Crippen LogP contribution in [0.5, 0.6) is 0 Å². The summed E-state index contributed by atoms with van der Waals surface area (Å²) in [7, 11) is 0. The fourth-order valence-electron chi connectivity index (χ4n) is 2.89. The molecule has 3 nitrogen and oxygen atoms in total. The van der Waals surface area contributed by atoms with Crippen molar-refractivity contribution in [3.8, 4) is 11.1 Å². The van der Waals surface area contributed by atoms with E-state index in [1.54, 1.807) is 6.92 Å². The number of carbonyl (C=O) groups is 1. The fourth-order valence-corrected chi connectivity index (χ4v) is 3.54. The van der Waals surface area contributed by atoms with Gasteiger partial charge in [-0.15, -0.1) is 0 Å². The second-order valence-corrected chi connectivity index (χ2v) is 6.85. The van der Waals surface area contributed by atoms with Crippen LogP contribution in [0.2, 0.25) is 0 Å². The van der Waals surface area contributed by atoms with Crippen molar-refractivity contribution in [1.82, 2.24) is 4.98 Å². The van der Waals surface area contributed by atoms with E-state index in [2.05, 4.69) is 93.0 Å². The summed E-state index contributed by atoms with van der Waals surface area (Å²) in [6.45, 7) is 2.66. The lowest BCUT2D eigenvalue weighted by Gasteiger charge is -2.10. The zero-order valence-electron chi connectivity index (χ0n) is 14.4. The van der Waals surface area contributed by atoms with Crippen molar-refractivity contribution in [3.63, 3.8) is 0 Å². The molecule has 0 radical (unpaired) electrons. The molecular formula is C22H18INO2. The number of ether oxygens (including phenoxy) is 1. The van der Waals surface area contributed by atoms with E-state index < -0.39 is 0 Å². The highest BCUT2D eigenvalue weighted by molar-refractivity contribution is 14.1. The zero-order chi connectivity index (χ0) is 18.4. The highest BCUT2D eigenvalue weighted by atomic mass is 127. The molecule has 0 fully saturated rings. The van der Waals surface area contributed by atoms with E-state index in [4.69, 9.17) is 0 Å². The van der Waals surface area contributed by atoms with Crippen LogP contribution in [0, 0.1) is 3.57 Å². The van der Waals surface area contributed by atoms with Crippen molar-refractivity contribution in [2.24, 2.45) is 0 Å². The van der Waals surface area contributed by atoms with Gasteiger partial charge in [-0.3, -0.25) is 9.78 Å². The summed E-state index contributed by atoms with van der Waals surface area (Å²) >= 11 is 2.38. The normalized spacial score (nSPS) is 10.2. The molecule has 0 aliphatic rings. The molecule has 0 amide bonds. The molecule has 4 rings (SSSR count). The van der Waals surface area contributed by atoms with Gasteiger partial charge in [0.15, 0.2) is 0 Å². The van der Waals surface area contributed by atoms with E-state index in [1.165, 1.54) is 30.9 Å². The van der Waals surface area contributed by atoms with Crippen molar-refractivity contribution in [3.05, 3.63) is 76.5 Å². The molecule has 0 aliphatic heterocycles. The van der Waals surface area contributed by atoms with E-state index in [0.29, 0.717) is 13.1 Å². The van der Waals surface area contributed by atoms with Crippen molar-refractivity contribution in [1.29, 1.82) is 0 Å². The van der Waals surface area contributed by atoms with E-state index in [1.807, 2.05) is 12.3 Å². The van der Waals surface area contributed by atoms with Gasteiger partial charge in [0.2, 0.25) is 0 Å². The summed E-state index contributed by atoms with van der Waals surface area (Å²) in [5.41, 5.74) is 3.51. The molecule has 0 N–H and O–H groups in total. The predicted octanol–water partition coefficient (Wildman–Crippen LogP) is 5.84. The van der Waals surface area contributed by atoms with Crippen molar-refractivity contribution in [2.75, 3.05) is 6.61 Å². The van der Waals surface area contributed by atoms with E-state index >= 15 is 0 Å². The number of aromatic nitrogens is 1. The number of halogens is 1. The smallest absolute Gasteiger partial charge is 0.293 e. The first kappa shape index (κ1) is 18.3. The minimum absolute atomic E-state index is 0.431. The second kappa shape index (κ2) is 8.76. The first-order chi connectivity index (χ1) is 12.7. The molecule has 4 aromatic rings. The van der Waals surface area contributed by atoms with Crippen LogP contribution in [0.4, 0.5) is 0 Å². The molecule has 0 atom stereocenters. The Balaban J connectivity index is 0.000000349. The van der Waals surface area contributed by atoms with Gasteiger partial charge in [-0.1, -0.05) is 48.5 Å². The number of carbonyl (C=O) groups excluding carboxylic acids is 1. The van der Waals surface area contributed by atoms with Gasteiger partial charge < -0.3 is 4.74 Å². The number of rotatable bonds is 3. The average Bonchev–Trinajstić information content (AvgIpc) is 2.68. The number of hydrogen-bond acceptors (Lipinski definition) is 3. The molecular weight excluding hydrogens is 437 g/mol. The van der Waals surface area contributed by atoms with E-state index in [9.17, 15) is 4.79 Å². The molecule has 1 aromatic heterocycles. The SMILES string of the molecule is CCOC=O.Ic1cc(-c2cccc3ccccc23)c2ncccc2c1. The maximum Gasteiger partial charge on any atom is 0.293 e. The largest absolute Gasteiger partial charge is 0.468 e. The quantitative estimate of drug-likeness (QED) is 0.288. The van der Waals surface area contributed by atoms with Crippen LogP contribution in [0.15, 0.2) is 72.9 Å². The molecule has 0 saturated heterocycles. The maximum absolute atomic E-state index is 9.18. The summed E-state index contributed by atoms with van der Waals surface area (Å²) in [5, 5.41) is 3.72. The Morgan fingerprint density at radius 3 is 2.50 bits per heavy atom. The van der Waals surface area contributed by atoms with Crippen molar-refractivity contribution < 1.29 is 9.53 Å². The molecule has 3 aromatic carbocycles. The Bertz CT molecular complexity index is 1040. The molecule has 130 valence electrons. The molecule has 0 saturated carbocycles. The third-order valence-corrected chi connectivity index (χ3v) is 4.61. The number of hydrogen-bond donors (Lipinski definition) is 0. The topological polar surface area (TPSA) is 39.2 Å². The number of pyridine rings is 1. The van der Waals surface area contributed by atoms with Gasteiger partial charge >= 0.3 is 0 Å². The van der Waals surface area contributed by atoms with Crippen LogP contribution in [0.25, 0.3) is 32.8 Å². The summed E-state index contributed by atoms with van der Waals surface area (Å²) in [6, 6.07) is 23.5. The van der Waals surface area contributed by atoms with Crippen molar-refractivity contribution in [2.45, 2.75) is 6.92 Å². The third kappa shape index (κ3) is 4.02. The van der Waals surface area contributed by atoms with Crippen LogP contribution in [0.1, 0.15) is 6.92 Å². The van der Waals surface area contributed by atoms with Gasteiger partial charge in [-0.05, 0) is 64.0 Å². The second-order valence-electron chi connectivity index (χ2n) is 5.61. The Hall–Kier alpha value is -2.47. The Labute approximate surface area is 166 Å². The summed E-state index contributed by atoms with van der Waals surface area (Å²) < 4.78 is 5.39. The maximum atomic E-state index is 9.18. The van der Waals surface area contributed by atoms with Crippen LogP contribution in [0.3, 0.4) is 0 Å². The third-order valence-electron chi connectivity index (χ3n) is 3.98. The molecule has 0 bridgehead atoms. The lowest BCUT2D eigenvalue weighted by Crippen LogP contribution is -1.88. The number of benzene rings is 3. The van der Waals surface area contributed by atoms with Gasteiger partial charge in [-0.2, -0.15) is 0 Å². The minimum Gasteiger partial charge on any atom is -0.468 e. The average molecular weight is 455 g/mol. The van der Waals surface area contributed by atoms with Crippen LogP contribution in [-0.4, -0.2) is 18.1 Å². The molecule has 0 unspecified atom stereocenters.